The van der Waals surface area contributed by atoms with Gasteiger partial charge >= 0.3 is 6.18 Å². The van der Waals surface area contributed by atoms with Crippen LogP contribution < -0.4 is 15.2 Å². The molecule has 3 aromatic rings. The number of nitrogens with two attached hydrogens (primary N) is 1. The van der Waals surface area contributed by atoms with Gasteiger partial charge in [0.05, 0.1) is 11.3 Å². The number of ether oxygens (including phenoxy) is 1. The molecule has 1 fully saturated rings. The van der Waals surface area contributed by atoms with Crippen LogP contribution in [0.5, 0.6) is 5.75 Å². The van der Waals surface area contributed by atoms with Crippen molar-refractivity contribution in [3.63, 3.8) is 0 Å². The van der Waals surface area contributed by atoms with Gasteiger partial charge in [0.1, 0.15) is 20.4 Å². The van der Waals surface area contributed by atoms with E-state index in [9.17, 15) is 21.6 Å². The van der Waals surface area contributed by atoms with Crippen molar-refractivity contribution in [2.24, 2.45) is 0 Å². The summed E-state index contributed by atoms with van der Waals surface area (Å²) in [7, 11) is -2.29. The highest BCUT2D eigenvalue weighted by atomic mass is 35.5. The maximum atomic E-state index is 13.5. The molecule has 0 unspecified atom stereocenters. The highest BCUT2D eigenvalue weighted by Gasteiger charge is 2.36. The van der Waals surface area contributed by atoms with E-state index in [4.69, 9.17) is 22.1 Å². The third kappa shape index (κ3) is 5.27. The number of nitrogens with one attached hydrogen (secondary N) is 1. The first-order valence-corrected chi connectivity index (χ1v) is 12.9. The molecule has 12 heteroatoms. The van der Waals surface area contributed by atoms with Gasteiger partial charge in [-0.2, -0.15) is 13.2 Å². The molecule has 1 aliphatic heterocycles. The first-order valence-electron chi connectivity index (χ1n) is 10.2. The summed E-state index contributed by atoms with van der Waals surface area (Å²) in [5.74, 6) is -0.421. The molecular formula is C22H21ClF3N3O3S2. The van der Waals surface area contributed by atoms with Gasteiger partial charge in [-0.15, -0.1) is 11.3 Å². The zero-order valence-corrected chi connectivity index (χ0v) is 20.3. The standard InChI is InChI=1S/C22H21ClF3N3O3S2/c1-29-9-8-14(12-29)32-19-10-13(6-7-17(19)22(24,25)26)28-34(30,31)20-11-16(21(23)33-20)15-4-2-3-5-18(15)27/h2-7,10-11,14,28H,8-9,12,27H2,1H3/t14-/m1/s1. The molecule has 4 rings (SSSR count). The fraction of sp³-hybridized carbons (Fsp3) is 0.273. The number of rotatable bonds is 6. The lowest BCUT2D eigenvalue weighted by molar-refractivity contribution is -0.139. The zero-order chi connectivity index (χ0) is 24.7. The lowest BCUT2D eigenvalue weighted by atomic mass is 10.1. The maximum absolute atomic E-state index is 13.5. The van der Waals surface area contributed by atoms with Crippen LogP contribution in [-0.2, 0) is 16.2 Å². The Labute approximate surface area is 204 Å². The van der Waals surface area contributed by atoms with Crippen LogP contribution >= 0.6 is 22.9 Å². The Bertz CT molecular complexity index is 1310. The van der Waals surface area contributed by atoms with Crippen molar-refractivity contribution in [1.82, 2.24) is 4.90 Å². The van der Waals surface area contributed by atoms with E-state index in [1.54, 1.807) is 24.3 Å². The second kappa shape index (κ2) is 9.29. The fourth-order valence-corrected chi connectivity index (χ4v) is 6.50. The fourth-order valence-electron chi connectivity index (χ4n) is 3.70. The smallest absolute Gasteiger partial charge is 0.419 e. The van der Waals surface area contributed by atoms with Crippen LogP contribution in [0.4, 0.5) is 24.5 Å². The first kappa shape index (κ1) is 24.6. The van der Waals surface area contributed by atoms with Gasteiger partial charge in [0.25, 0.3) is 10.0 Å². The highest BCUT2D eigenvalue weighted by Crippen LogP contribution is 2.42. The van der Waals surface area contributed by atoms with Gasteiger partial charge in [0.2, 0.25) is 0 Å². The summed E-state index contributed by atoms with van der Waals surface area (Å²) >= 11 is 7.11. The minimum absolute atomic E-state index is 0.0559. The Kier molecular flexibility index (Phi) is 6.74. The largest absolute Gasteiger partial charge is 0.488 e. The maximum Gasteiger partial charge on any atom is 0.419 e. The van der Waals surface area contributed by atoms with Gasteiger partial charge in [0, 0.05) is 36.0 Å². The molecule has 1 aromatic heterocycles. The first-order chi connectivity index (χ1) is 15.9. The quantitative estimate of drug-likeness (QED) is 0.407. The number of alkyl halides is 3. The third-order valence-corrected chi connectivity index (χ3v) is 8.57. The Morgan fingerprint density at radius 3 is 2.56 bits per heavy atom. The number of hydrogen-bond acceptors (Lipinski definition) is 6. The molecule has 1 saturated heterocycles. The number of likely N-dealkylation sites (tertiary alicyclic amines) is 1. The van der Waals surface area contributed by atoms with E-state index >= 15 is 0 Å². The van der Waals surface area contributed by atoms with Crippen molar-refractivity contribution in [3.05, 3.63) is 58.4 Å². The molecule has 6 nitrogen and oxygen atoms in total. The molecule has 1 aliphatic rings. The van der Waals surface area contributed by atoms with E-state index in [1.807, 2.05) is 11.9 Å². The van der Waals surface area contributed by atoms with E-state index in [2.05, 4.69) is 4.72 Å². The van der Waals surface area contributed by atoms with E-state index < -0.39 is 33.6 Å². The summed E-state index contributed by atoms with van der Waals surface area (Å²) in [6.07, 6.45) is -4.50. The molecule has 34 heavy (non-hydrogen) atoms. The molecule has 2 heterocycles. The summed E-state index contributed by atoms with van der Waals surface area (Å²) in [6.45, 7) is 1.18. The molecule has 0 saturated carbocycles. The lowest BCUT2D eigenvalue weighted by Crippen LogP contribution is -2.23. The third-order valence-electron chi connectivity index (χ3n) is 5.36. The Balaban J connectivity index is 1.63. The molecule has 182 valence electrons. The number of para-hydroxylation sites is 1. The van der Waals surface area contributed by atoms with Crippen molar-refractivity contribution in [2.45, 2.75) is 22.9 Å². The average molecular weight is 532 g/mol. The number of likely N-dealkylation sites (N-methyl/N-ethyl adjacent to an activating group) is 1. The summed E-state index contributed by atoms with van der Waals surface area (Å²) in [4.78, 5) is 1.95. The Morgan fingerprint density at radius 1 is 1.18 bits per heavy atom. The number of halogens is 4. The lowest BCUT2D eigenvalue weighted by Gasteiger charge is -2.19. The summed E-state index contributed by atoms with van der Waals surface area (Å²) in [5.41, 5.74) is 6.42. The summed E-state index contributed by atoms with van der Waals surface area (Å²) in [5, 5.41) is 0. The second-order valence-corrected chi connectivity index (χ2v) is 11.5. The predicted octanol–water partition coefficient (Wildman–Crippen LogP) is 5.55. The molecule has 0 amide bonds. The van der Waals surface area contributed by atoms with E-state index in [0.717, 1.165) is 29.5 Å². The van der Waals surface area contributed by atoms with Crippen molar-refractivity contribution in [2.75, 3.05) is 30.6 Å². The van der Waals surface area contributed by atoms with Gasteiger partial charge in [-0.3, -0.25) is 4.72 Å². The van der Waals surface area contributed by atoms with Gasteiger partial charge in [-0.1, -0.05) is 29.8 Å². The molecule has 0 aliphatic carbocycles. The van der Waals surface area contributed by atoms with Crippen molar-refractivity contribution < 1.29 is 26.3 Å². The molecule has 0 radical (unpaired) electrons. The molecular weight excluding hydrogens is 511 g/mol. The number of thiophene rings is 1. The van der Waals surface area contributed by atoms with Gasteiger partial charge in [-0.05, 0) is 37.7 Å². The Morgan fingerprint density at radius 2 is 1.91 bits per heavy atom. The van der Waals surface area contributed by atoms with E-state index in [-0.39, 0.29) is 14.2 Å². The molecule has 0 spiro atoms. The van der Waals surface area contributed by atoms with Crippen LogP contribution in [0.3, 0.4) is 0 Å². The number of nitrogens with zero attached hydrogens (tertiary/aromatic N) is 1. The SMILES string of the molecule is CN1CC[C@@H](Oc2cc(NS(=O)(=O)c3cc(-c4ccccc4N)c(Cl)s3)ccc2C(F)(F)F)C1. The summed E-state index contributed by atoms with van der Waals surface area (Å²) in [6, 6.07) is 11.2. The van der Waals surface area contributed by atoms with E-state index in [1.165, 1.54) is 6.07 Å². The number of benzene rings is 2. The molecule has 3 N–H and O–H groups in total. The van der Waals surface area contributed by atoms with Gasteiger partial charge in [-0.25, -0.2) is 8.42 Å². The van der Waals surface area contributed by atoms with Crippen LogP contribution in [0.1, 0.15) is 12.0 Å². The number of anilines is 2. The Hall–Kier alpha value is -2.47. The highest BCUT2D eigenvalue weighted by molar-refractivity contribution is 7.94. The van der Waals surface area contributed by atoms with Crippen LogP contribution in [0.15, 0.2) is 52.7 Å². The van der Waals surface area contributed by atoms with Crippen LogP contribution in [0.25, 0.3) is 11.1 Å². The number of hydrogen-bond donors (Lipinski definition) is 2. The second-order valence-electron chi connectivity index (χ2n) is 7.95. The predicted molar refractivity (Wildman–Crippen MR) is 128 cm³/mol. The van der Waals surface area contributed by atoms with Crippen molar-refractivity contribution in [1.29, 1.82) is 0 Å². The van der Waals surface area contributed by atoms with Crippen LogP contribution in [0.2, 0.25) is 4.34 Å². The zero-order valence-electron chi connectivity index (χ0n) is 17.9. The number of nitrogen functional groups attached to an aromatic ring is 1. The molecule has 0 bridgehead atoms. The van der Waals surface area contributed by atoms with Crippen LogP contribution in [-0.4, -0.2) is 39.6 Å². The van der Waals surface area contributed by atoms with Crippen molar-refractivity contribution in [3.8, 4) is 16.9 Å². The molecule has 1 atom stereocenters. The summed E-state index contributed by atoms with van der Waals surface area (Å²) < 4.78 is 74.7. The van der Waals surface area contributed by atoms with Gasteiger partial charge < -0.3 is 15.4 Å². The van der Waals surface area contributed by atoms with Gasteiger partial charge in [0.15, 0.2) is 0 Å². The normalized spacial score (nSPS) is 17.1. The van der Waals surface area contributed by atoms with Crippen LogP contribution in [0, 0.1) is 0 Å². The molecule has 2 aromatic carbocycles. The minimum atomic E-state index is -4.65. The monoisotopic (exact) mass is 531 g/mol. The van der Waals surface area contributed by atoms with E-state index in [0.29, 0.717) is 36.3 Å². The number of sulfonamides is 1. The topological polar surface area (TPSA) is 84.7 Å². The minimum Gasteiger partial charge on any atom is -0.488 e. The average Bonchev–Trinajstić information content (AvgIpc) is 3.33. The van der Waals surface area contributed by atoms with Crippen molar-refractivity contribution >= 4 is 44.3 Å².